The number of nitrogens with one attached hydrogen (secondary N) is 1. The lowest BCUT2D eigenvalue weighted by Crippen LogP contribution is -2.37. The number of nitrogens with zero attached hydrogens (tertiary/aromatic N) is 4. The lowest BCUT2D eigenvalue weighted by Gasteiger charge is -2.24. The van der Waals surface area contributed by atoms with Gasteiger partial charge >= 0.3 is 6.09 Å². The van der Waals surface area contributed by atoms with E-state index in [0.717, 1.165) is 11.3 Å². The van der Waals surface area contributed by atoms with Crippen molar-refractivity contribution in [2.24, 2.45) is 5.92 Å². The summed E-state index contributed by atoms with van der Waals surface area (Å²) in [5.41, 5.74) is 2.11. The van der Waals surface area contributed by atoms with Gasteiger partial charge in [0.2, 0.25) is 5.95 Å². The van der Waals surface area contributed by atoms with Crippen LogP contribution in [-0.4, -0.2) is 33.7 Å². The van der Waals surface area contributed by atoms with Crippen molar-refractivity contribution in [3.63, 3.8) is 0 Å². The Labute approximate surface area is 166 Å². The highest BCUT2D eigenvalue weighted by Crippen LogP contribution is 2.27. The third-order valence-electron chi connectivity index (χ3n) is 4.96. The lowest BCUT2D eigenvalue weighted by molar-refractivity contribution is 0.177. The molecule has 3 heterocycles. The first-order valence-corrected chi connectivity index (χ1v) is 9.69. The summed E-state index contributed by atoms with van der Waals surface area (Å²) in [5, 5.41) is 3.30. The highest BCUT2D eigenvalue weighted by molar-refractivity contribution is 5.89. The van der Waals surface area contributed by atoms with Crippen molar-refractivity contribution in [2.75, 3.05) is 16.8 Å². The number of hydrogen-bond acceptors (Lipinski definition) is 6. The number of pyridine rings is 1. The van der Waals surface area contributed by atoms with Gasteiger partial charge < -0.3 is 10.1 Å². The van der Waals surface area contributed by atoms with Gasteiger partial charge in [0.15, 0.2) is 0 Å². The summed E-state index contributed by atoms with van der Waals surface area (Å²) >= 11 is 0. The van der Waals surface area contributed by atoms with Crippen LogP contribution in [0.25, 0.3) is 0 Å². The second-order valence-corrected chi connectivity index (χ2v) is 8.59. The molecular weight excluding hydrogens is 354 g/mol. The maximum atomic E-state index is 12.2. The minimum atomic E-state index is -0.363. The molecule has 0 aromatic carbocycles. The normalized spacial score (nSPS) is 18.3. The molecule has 3 rings (SSSR count). The van der Waals surface area contributed by atoms with E-state index in [4.69, 9.17) is 4.74 Å². The van der Waals surface area contributed by atoms with Crippen molar-refractivity contribution >= 4 is 17.9 Å². The molecule has 28 heavy (non-hydrogen) atoms. The van der Waals surface area contributed by atoms with Gasteiger partial charge in [-0.3, -0.25) is 9.88 Å². The molecule has 7 nitrogen and oxygen atoms in total. The Morgan fingerprint density at radius 1 is 1.18 bits per heavy atom. The highest BCUT2D eigenvalue weighted by Gasteiger charge is 2.37. The van der Waals surface area contributed by atoms with Crippen molar-refractivity contribution in [2.45, 2.75) is 59.0 Å². The van der Waals surface area contributed by atoms with Gasteiger partial charge in [-0.25, -0.2) is 9.78 Å². The predicted octanol–water partition coefficient (Wildman–Crippen LogP) is 4.32. The largest absolute Gasteiger partial charge is 0.447 e. The van der Waals surface area contributed by atoms with Gasteiger partial charge in [-0.15, -0.1) is 0 Å². The van der Waals surface area contributed by atoms with Gasteiger partial charge in [0.1, 0.15) is 12.4 Å². The third kappa shape index (κ3) is 4.24. The Kier molecular flexibility index (Phi) is 5.54. The van der Waals surface area contributed by atoms with Crippen LogP contribution in [0.15, 0.2) is 30.6 Å². The third-order valence-corrected chi connectivity index (χ3v) is 4.96. The molecule has 1 amide bonds. The summed E-state index contributed by atoms with van der Waals surface area (Å²) in [6.07, 6.45) is 3.18. The van der Waals surface area contributed by atoms with Gasteiger partial charge in [0, 0.05) is 23.5 Å². The highest BCUT2D eigenvalue weighted by atomic mass is 16.6. The molecule has 2 aromatic heterocycles. The van der Waals surface area contributed by atoms with Crippen molar-refractivity contribution in [1.82, 2.24) is 15.0 Å². The Morgan fingerprint density at radius 2 is 1.93 bits per heavy atom. The zero-order valence-corrected chi connectivity index (χ0v) is 17.4. The molecule has 0 spiro atoms. The first-order chi connectivity index (χ1) is 13.2. The maximum Gasteiger partial charge on any atom is 0.415 e. The van der Waals surface area contributed by atoms with E-state index in [0.29, 0.717) is 18.4 Å². The molecule has 7 heteroatoms. The SMILES string of the molecule is CC(C)C1COC(=O)N1c1ccnc(N[C@@H](C)c2ccc(C(C)(C)C)nc2)n1. The first-order valence-electron chi connectivity index (χ1n) is 9.69. The van der Waals surface area contributed by atoms with Gasteiger partial charge in [-0.05, 0) is 30.5 Å². The van der Waals surface area contributed by atoms with Crippen LogP contribution in [0, 0.1) is 5.92 Å². The average Bonchev–Trinajstić information content (AvgIpc) is 3.03. The molecule has 1 fully saturated rings. The average molecular weight is 383 g/mol. The number of anilines is 2. The van der Waals surface area contributed by atoms with E-state index in [1.54, 1.807) is 17.2 Å². The van der Waals surface area contributed by atoms with Crippen LogP contribution < -0.4 is 10.2 Å². The fourth-order valence-electron chi connectivity index (χ4n) is 3.13. The number of amides is 1. The summed E-state index contributed by atoms with van der Waals surface area (Å²) in [5.74, 6) is 1.28. The van der Waals surface area contributed by atoms with Crippen molar-refractivity contribution < 1.29 is 9.53 Å². The van der Waals surface area contributed by atoms with Gasteiger partial charge in [0.25, 0.3) is 0 Å². The maximum absolute atomic E-state index is 12.2. The van der Waals surface area contributed by atoms with Crippen LogP contribution in [0.3, 0.4) is 0 Å². The summed E-state index contributed by atoms with van der Waals surface area (Å²) in [6, 6.07) is 5.81. The summed E-state index contributed by atoms with van der Waals surface area (Å²) in [7, 11) is 0. The number of hydrogen-bond donors (Lipinski definition) is 1. The summed E-state index contributed by atoms with van der Waals surface area (Å²) in [6.45, 7) is 13.0. The molecule has 150 valence electrons. The number of carbonyl (C=O) groups excluding carboxylic acids is 1. The molecule has 1 aliphatic heterocycles. The Morgan fingerprint density at radius 3 is 2.54 bits per heavy atom. The Hall–Kier alpha value is -2.70. The topological polar surface area (TPSA) is 80.2 Å². The second-order valence-electron chi connectivity index (χ2n) is 8.59. The van der Waals surface area contributed by atoms with Crippen LogP contribution >= 0.6 is 0 Å². The smallest absolute Gasteiger partial charge is 0.415 e. The number of ether oxygens (including phenoxy) is 1. The van der Waals surface area contributed by atoms with Gasteiger partial charge in [0.05, 0.1) is 12.1 Å². The molecule has 1 unspecified atom stereocenters. The van der Waals surface area contributed by atoms with E-state index >= 15 is 0 Å². The molecular formula is C21H29N5O2. The summed E-state index contributed by atoms with van der Waals surface area (Å²) < 4.78 is 5.22. The van der Waals surface area contributed by atoms with Crippen LogP contribution in [-0.2, 0) is 10.2 Å². The number of aromatic nitrogens is 3. The number of rotatable bonds is 5. The monoisotopic (exact) mass is 383 g/mol. The molecule has 0 radical (unpaired) electrons. The molecule has 0 saturated carbocycles. The van der Waals surface area contributed by atoms with Crippen molar-refractivity contribution in [1.29, 1.82) is 0 Å². The van der Waals surface area contributed by atoms with Crippen molar-refractivity contribution in [3.05, 3.63) is 41.9 Å². The molecule has 1 aliphatic rings. The number of cyclic esters (lactones) is 1. The van der Waals surface area contributed by atoms with Crippen LogP contribution in [0.4, 0.5) is 16.6 Å². The second kappa shape index (κ2) is 7.73. The summed E-state index contributed by atoms with van der Waals surface area (Å²) in [4.78, 5) is 27.2. The molecule has 0 bridgehead atoms. The van der Waals surface area contributed by atoms with E-state index in [-0.39, 0.29) is 29.5 Å². The van der Waals surface area contributed by atoms with E-state index in [1.165, 1.54) is 0 Å². The van der Waals surface area contributed by atoms with Crippen LogP contribution in [0.2, 0.25) is 0 Å². The fraction of sp³-hybridized carbons (Fsp3) is 0.524. The van der Waals surface area contributed by atoms with Gasteiger partial charge in [-0.1, -0.05) is 40.7 Å². The zero-order chi connectivity index (χ0) is 20.5. The van der Waals surface area contributed by atoms with Gasteiger partial charge in [-0.2, -0.15) is 4.98 Å². The zero-order valence-electron chi connectivity index (χ0n) is 17.4. The van der Waals surface area contributed by atoms with Crippen LogP contribution in [0.5, 0.6) is 0 Å². The van der Waals surface area contributed by atoms with E-state index in [9.17, 15) is 4.79 Å². The molecule has 2 atom stereocenters. The number of carbonyl (C=O) groups is 1. The minimum Gasteiger partial charge on any atom is -0.447 e. The molecule has 1 N–H and O–H groups in total. The fourth-order valence-corrected chi connectivity index (χ4v) is 3.13. The van der Waals surface area contributed by atoms with E-state index in [1.807, 2.05) is 13.1 Å². The van der Waals surface area contributed by atoms with E-state index in [2.05, 4.69) is 67.0 Å². The molecule has 2 aromatic rings. The van der Waals surface area contributed by atoms with E-state index < -0.39 is 0 Å². The molecule has 1 saturated heterocycles. The minimum absolute atomic E-state index is 0.0178. The molecule has 0 aliphatic carbocycles. The van der Waals surface area contributed by atoms with Crippen molar-refractivity contribution in [3.8, 4) is 0 Å². The Balaban J connectivity index is 1.76. The van der Waals surface area contributed by atoms with Crippen LogP contribution in [0.1, 0.15) is 58.8 Å². The first kappa shape index (κ1) is 20.0. The quantitative estimate of drug-likeness (QED) is 0.828. The predicted molar refractivity (Wildman–Crippen MR) is 109 cm³/mol. The lowest BCUT2D eigenvalue weighted by atomic mass is 9.91. The standard InChI is InChI=1S/C21H29N5O2/c1-13(2)16-12-28-20(27)26(16)18-9-10-22-19(25-18)24-14(3)15-7-8-17(23-11-15)21(4,5)6/h7-11,13-14,16H,12H2,1-6H3,(H,22,24,25)/t14-,16?/m0/s1. The Bertz CT molecular complexity index is 829.